The summed E-state index contributed by atoms with van der Waals surface area (Å²) in [6.45, 7) is 3.65. The Morgan fingerprint density at radius 1 is 0.889 bits per heavy atom. The Morgan fingerprint density at radius 2 is 1.64 bits per heavy atom. The molecule has 7 nitrogen and oxygen atoms in total. The summed E-state index contributed by atoms with van der Waals surface area (Å²) < 4.78 is 23.6. The molecule has 180 valence electrons. The Kier molecular flexibility index (Phi) is 6.08. The zero-order valence-corrected chi connectivity index (χ0v) is 19.8. The van der Waals surface area contributed by atoms with E-state index in [-0.39, 0.29) is 11.6 Å². The van der Waals surface area contributed by atoms with Crippen LogP contribution < -0.4 is 9.47 Å². The van der Waals surface area contributed by atoms with Crippen molar-refractivity contribution in [3.63, 3.8) is 0 Å². The van der Waals surface area contributed by atoms with Gasteiger partial charge in [0.1, 0.15) is 11.5 Å². The van der Waals surface area contributed by atoms with Crippen molar-refractivity contribution < 1.29 is 23.7 Å². The number of para-hydroxylation sites is 1. The van der Waals surface area contributed by atoms with Crippen molar-refractivity contribution in [1.82, 2.24) is 15.0 Å². The van der Waals surface area contributed by atoms with Crippen molar-refractivity contribution in [2.45, 2.75) is 13.8 Å². The quantitative estimate of drug-likeness (QED) is 0.287. The monoisotopic (exact) mass is 483 g/mol. The van der Waals surface area contributed by atoms with E-state index in [1.807, 2.05) is 61.5 Å². The second kappa shape index (κ2) is 9.50. The molecule has 0 aliphatic carbocycles. The molecule has 0 radical (unpaired) electrons. The first-order valence-electron chi connectivity index (χ1n) is 11.2. The number of ether oxygens (including phenoxy) is 2. The van der Waals surface area contributed by atoms with Gasteiger partial charge < -0.3 is 14.5 Å². The number of fused-ring (bicyclic) bond motifs is 1. The number of hydrogen-bond acceptors (Lipinski definition) is 6. The van der Waals surface area contributed by atoms with E-state index in [4.69, 9.17) is 14.5 Å². The van der Waals surface area contributed by atoms with Gasteiger partial charge in [-0.3, -0.25) is 0 Å². The number of hydrogen-bond donors (Lipinski definition) is 1. The number of H-pyrrole nitrogens is 1. The maximum Gasteiger partial charge on any atom is 0.379 e. The summed E-state index contributed by atoms with van der Waals surface area (Å²) in [6, 6.07) is 22.8. The third kappa shape index (κ3) is 4.36. The maximum absolute atomic E-state index is 12.4. The number of aromatic nitrogens is 3. The second-order valence-corrected chi connectivity index (χ2v) is 8.29. The van der Waals surface area contributed by atoms with Crippen LogP contribution in [0.15, 0.2) is 72.8 Å². The normalized spacial score (nSPS) is 10.9. The van der Waals surface area contributed by atoms with E-state index in [2.05, 4.69) is 14.9 Å². The Hall–Kier alpha value is -4.72. The van der Waals surface area contributed by atoms with E-state index in [1.165, 1.54) is 6.07 Å². The Balaban J connectivity index is 1.44. The van der Waals surface area contributed by atoms with Gasteiger partial charge in [0.05, 0.1) is 23.9 Å². The van der Waals surface area contributed by atoms with Gasteiger partial charge in [0.15, 0.2) is 5.65 Å². The molecule has 0 atom stereocenters. The molecule has 0 spiro atoms. The van der Waals surface area contributed by atoms with Gasteiger partial charge in [-0.1, -0.05) is 48.5 Å². The van der Waals surface area contributed by atoms with Gasteiger partial charge >= 0.3 is 12.0 Å². The SMILES string of the molecule is COc1ccccc1-c1ccc(-c2nc3nc(Oc4ccc(C)c(C(=O)OF)c4)[nH]c3cc2C)cc1. The van der Waals surface area contributed by atoms with E-state index in [9.17, 15) is 9.32 Å². The molecule has 0 saturated carbocycles. The minimum Gasteiger partial charge on any atom is -0.496 e. The largest absolute Gasteiger partial charge is 0.496 e. The van der Waals surface area contributed by atoms with Crippen LogP contribution in [0.4, 0.5) is 4.53 Å². The molecule has 2 heterocycles. The van der Waals surface area contributed by atoms with Gasteiger partial charge in [-0.2, -0.15) is 4.98 Å². The zero-order chi connectivity index (χ0) is 25.2. The highest BCUT2D eigenvalue weighted by Crippen LogP contribution is 2.32. The van der Waals surface area contributed by atoms with E-state index in [1.54, 1.807) is 26.2 Å². The number of nitrogens with one attached hydrogen (secondary N) is 1. The molecule has 36 heavy (non-hydrogen) atoms. The molecular weight excluding hydrogens is 461 g/mol. The maximum atomic E-state index is 12.4. The summed E-state index contributed by atoms with van der Waals surface area (Å²) in [7, 11) is 1.66. The first kappa shape index (κ1) is 23.0. The zero-order valence-electron chi connectivity index (χ0n) is 19.8. The van der Waals surface area contributed by atoms with Crippen LogP contribution in [0.25, 0.3) is 33.5 Å². The van der Waals surface area contributed by atoms with Gasteiger partial charge in [-0.15, -0.1) is 0 Å². The van der Waals surface area contributed by atoms with Gasteiger partial charge in [-0.25, -0.2) is 14.7 Å². The molecule has 0 fully saturated rings. The lowest BCUT2D eigenvalue weighted by Gasteiger charge is -2.10. The van der Waals surface area contributed by atoms with Gasteiger partial charge in [-0.05, 0) is 54.8 Å². The molecule has 0 aliphatic rings. The standard InChI is InChI=1S/C28H22FN3O4/c1-16-8-13-20(15-22(16)27(33)36-29)35-28-30-23-14-17(2)25(31-26(23)32-28)19-11-9-18(10-12-19)21-6-4-5-7-24(21)34-3/h4-15H,1-3H3,(H,30,31,32). The molecule has 0 saturated heterocycles. The number of aromatic amines is 1. The number of benzene rings is 3. The fourth-order valence-corrected chi connectivity index (χ4v) is 4.09. The predicted octanol–water partition coefficient (Wildman–Crippen LogP) is 6.75. The van der Waals surface area contributed by atoms with E-state index in [0.29, 0.717) is 22.5 Å². The lowest BCUT2D eigenvalue weighted by atomic mass is 10.0. The predicted molar refractivity (Wildman–Crippen MR) is 134 cm³/mol. The van der Waals surface area contributed by atoms with Crippen molar-refractivity contribution in [2.75, 3.05) is 7.11 Å². The Labute approximate surface area is 206 Å². The van der Waals surface area contributed by atoms with Crippen LogP contribution in [-0.4, -0.2) is 28.0 Å². The lowest BCUT2D eigenvalue weighted by molar-refractivity contribution is -0.0788. The number of rotatable bonds is 6. The van der Waals surface area contributed by atoms with Crippen LogP contribution in [0.1, 0.15) is 21.5 Å². The highest BCUT2D eigenvalue weighted by atomic mass is 19.3. The number of carbonyl (C=O) groups is 1. The molecule has 8 heteroatoms. The highest BCUT2D eigenvalue weighted by Gasteiger charge is 2.15. The summed E-state index contributed by atoms with van der Waals surface area (Å²) in [4.78, 5) is 27.3. The number of nitrogens with zero attached hydrogens (tertiary/aromatic N) is 2. The molecule has 0 amide bonds. The summed E-state index contributed by atoms with van der Waals surface area (Å²) in [6.07, 6.45) is 0. The number of pyridine rings is 1. The average molecular weight is 483 g/mol. The average Bonchev–Trinajstić information content (AvgIpc) is 3.29. The topological polar surface area (TPSA) is 86.3 Å². The molecule has 1 N–H and O–H groups in total. The van der Waals surface area contributed by atoms with Gasteiger partial charge in [0.25, 0.3) is 0 Å². The van der Waals surface area contributed by atoms with Gasteiger partial charge in [0.2, 0.25) is 0 Å². The van der Waals surface area contributed by atoms with E-state index < -0.39 is 5.97 Å². The number of aryl methyl sites for hydroxylation is 2. The molecule has 0 aliphatic heterocycles. The number of methoxy groups -OCH3 is 1. The molecule has 5 rings (SSSR count). The summed E-state index contributed by atoms with van der Waals surface area (Å²) in [5, 5.41) is 0. The molecule has 3 aromatic carbocycles. The molecule has 0 unspecified atom stereocenters. The molecule has 0 bridgehead atoms. The lowest BCUT2D eigenvalue weighted by Crippen LogP contribution is -2.02. The van der Waals surface area contributed by atoms with Crippen molar-refractivity contribution in [3.05, 3.63) is 89.5 Å². The number of carbonyl (C=O) groups excluding carboxylic acids is 1. The fourth-order valence-electron chi connectivity index (χ4n) is 4.09. The molecule has 2 aromatic heterocycles. The van der Waals surface area contributed by atoms with Crippen molar-refractivity contribution in [1.29, 1.82) is 0 Å². The summed E-state index contributed by atoms with van der Waals surface area (Å²) in [5.74, 6) is 0.0393. The van der Waals surface area contributed by atoms with Crippen molar-refractivity contribution in [2.24, 2.45) is 0 Å². The number of imidazole rings is 1. The fraction of sp³-hybridized carbons (Fsp3) is 0.107. The minimum atomic E-state index is -1.08. The molecular formula is C28H22FN3O4. The highest BCUT2D eigenvalue weighted by molar-refractivity contribution is 5.91. The van der Waals surface area contributed by atoms with E-state index in [0.717, 1.165) is 33.7 Å². The first-order valence-corrected chi connectivity index (χ1v) is 11.2. The second-order valence-electron chi connectivity index (χ2n) is 8.29. The van der Waals surface area contributed by atoms with Crippen LogP contribution in [0, 0.1) is 13.8 Å². The number of halogens is 1. The Bertz CT molecular complexity index is 1580. The summed E-state index contributed by atoms with van der Waals surface area (Å²) in [5.41, 5.74) is 6.58. The van der Waals surface area contributed by atoms with Crippen molar-refractivity contribution >= 4 is 17.1 Å². The van der Waals surface area contributed by atoms with Crippen LogP contribution in [-0.2, 0) is 4.94 Å². The third-order valence-corrected chi connectivity index (χ3v) is 5.93. The van der Waals surface area contributed by atoms with Crippen LogP contribution in [0.5, 0.6) is 17.5 Å². The van der Waals surface area contributed by atoms with Crippen molar-refractivity contribution in [3.8, 4) is 39.9 Å². The Morgan fingerprint density at radius 3 is 2.39 bits per heavy atom. The third-order valence-electron chi connectivity index (χ3n) is 5.93. The van der Waals surface area contributed by atoms with E-state index >= 15 is 0 Å². The molecule has 5 aromatic rings. The summed E-state index contributed by atoms with van der Waals surface area (Å²) >= 11 is 0. The minimum absolute atomic E-state index is 0.0685. The van der Waals surface area contributed by atoms with Crippen LogP contribution in [0.2, 0.25) is 0 Å². The smallest absolute Gasteiger partial charge is 0.379 e. The van der Waals surface area contributed by atoms with Crippen LogP contribution in [0.3, 0.4) is 0 Å². The van der Waals surface area contributed by atoms with Crippen LogP contribution >= 0.6 is 0 Å². The first-order chi connectivity index (χ1) is 17.5. The van der Waals surface area contributed by atoms with Gasteiger partial charge in [0, 0.05) is 15.7 Å².